The van der Waals surface area contributed by atoms with Crippen LogP contribution in [0.5, 0.6) is 17.2 Å². The van der Waals surface area contributed by atoms with Crippen molar-refractivity contribution in [1.29, 1.82) is 0 Å². The molecular weight excluding hydrogens is 442 g/mol. The Morgan fingerprint density at radius 2 is 1.65 bits per heavy atom. The number of fused-ring (bicyclic) bond motifs is 1. The van der Waals surface area contributed by atoms with Crippen LogP contribution in [0.2, 0.25) is 0 Å². The molecule has 0 N–H and O–H groups in total. The summed E-state index contributed by atoms with van der Waals surface area (Å²) in [7, 11) is 1.83. The van der Waals surface area contributed by atoms with E-state index < -0.39 is 22.6 Å². The van der Waals surface area contributed by atoms with Gasteiger partial charge in [-0.2, -0.15) is 0 Å². The van der Waals surface area contributed by atoms with Crippen LogP contribution < -0.4 is 14.2 Å². The number of imidazole rings is 1. The number of hydrogen-bond acceptors (Lipinski definition) is 8. The number of carbonyl (C=O) groups excluding carboxylic acids is 1. The summed E-state index contributed by atoms with van der Waals surface area (Å²) in [6.07, 6.45) is -1.73. The topological polar surface area (TPSA) is 115 Å². The predicted octanol–water partition coefficient (Wildman–Crippen LogP) is 5.58. The largest absolute Gasteiger partial charge is 0.514 e. The Balaban J connectivity index is 1.97. The van der Waals surface area contributed by atoms with E-state index in [4.69, 9.17) is 23.9 Å². The third-order valence-electron chi connectivity index (χ3n) is 5.07. The molecule has 0 radical (unpaired) electrons. The van der Waals surface area contributed by atoms with Crippen molar-refractivity contribution in [2.45, 2.75) is 40.7 Å². The van der Waals surface area contributed by atoms with Gasteiger partial charge in [0.05, 0.1) is 18.1 Å². The SMILES string of the molecule is CCOc1ccc(OCC)c2c1nc([C@@H](OC(=O)Oc1ccc([N+](=O)[O-])cc1)C(C)(C)C)n2C. The highest BCUT2D eigenvalue weighted by atomic mass is 16.7. The van der Waals surface area contributed by atoms with Crippen LogP contribution in [0.3, 0.4) is 0 Å². The quantitative estimate of drug-likeness (QED) is 0.181. The zero-order chi connectivity index (χ0) is 25.0. The summed E-state index contributed by atoms with van der Waals surface area (Å²) in [5.74, 6) is 1.87. The van der Waals surface area contributed by atoms with Gasteiger partial charge in [-0.15, -0.1) is 0 Å². The first kappa shape index (κ1) is 24.8. The second-order valence-electron chi connectivity index (χ2n) is 8.62. The van der Waals surface area contributed by atoms with Crippen molar-refractivity contribution < 1.29 is 28.7 Å². The van der Waals surface area contributed by atoms with Crippen molar-refractivity contribution in [3.8, 4) is 17.2 Å². The van der Waals surface area contributed by atoms with E-state index in [2.05, 4.69) is 0 Å². The van der Waals surface area contributed by atoms with Crippen LogP contribution in [0, 0.1) is 15.5 Å². The van der Waals surface area contributed by atoms with E-state index in [1.165, 1.54) is 24.3 Å². The molecule has 34 heavy (non-hydrogen) atoms. The molecule has 0 amide bonds. The van der Waals surface area contributed by atoms with Gasteiger partial charge in [-0.25, -0.2) is 9.78 Å². The first-order valence-electron chi connectivity index (χ1n) is 10.9. The third-order valence-corrected chi connectivity index (χ3v) is 5.07. The van der Waals surface area contributed by atoms with Crippen molar-refractivity contribution in [2.75, 3.05) is 13.2 Å². The molecule has 1 atom stereocenters. The summed E-state index contributed by atoms with van der Waals surface area (Å²) >= 11 is 0. The van der Waals surface area contributed by atoms with Crippen LogP contribution in [0.4, 0.5) is 10.5 Å². The molecule has 0 bridgehead atoms. The number of hydrogen-bond donors (Lipinski definition) is 0. The molecule has 0 spiro atoms. The van der Waals surface area contributed by atoms with Crippen LogP contribution in [-0.2, 0) is 11.8 Å². The number of non-ortho nitro benzene ring substituents is 1. The molecule has 182 valence electrons. The fourth-order valence-corrected chi connectivity index (χ4v) is 3.53. The number of nitro groups is 1. The van der Waals surface area contributed by atoms with Gasteiger partial charge in [0, 0.05) is 24.6 Å². The molecule has 0 saturated carbocycles. The number of ether oxygens (including phenoxy) is 4. The minimum Gasteiger partial charge on any atom is -0.492 e. The maximum Gasteiger partial charge on any atom is 0.514 e. The van der Waals surface area contributed by atoms with Gasteiger partial charge >= 0.3 is 6.16 Å². The Labute approximate surface area is 197 Å². The zero-order valence-corrected chi connectivity index (χ0v) is 20.2. The molecule has 0 aliphatic carbocycles. The molecule has 1 aromatic heterocycles. The Bertz CT molecular complexity index is 1180. The Morgan fingerprint density at radius 1 is 1.06 bits per heavy atom. The van der Waals surface area contributed by atoms with Crippen LogP contribution in [0.1, 0.15) is 46.5 Å². The van der Waals surface area contributed by atoms with Crippen molar-refractivity contribution in [3.63, 3.8) is 0 Å². The number of aromatic nitrogens is 2. The van der Waals surface area contributed by atoms with Crippen LogP contribution >= 0.6 is 0 Å². The van der Waals surface area contributed by atoms with Gasteiger partial charge in [-0.3, -0.25) is 10.1 Å². The average molecular weight is 472 g/mol. The summed E-state index contributed by atoms with van der Waals surface area (Å²) in [4.78, 5) is 27.7. The lowest BCUT2D eigenvalue weighted by atomic mass is 9.88. The molecule has 0 aliphatic rings. The molecule has 0 unspecified atom stereocenters. The Kier molecular flexibility index (Phi) is 7.29. The smallest absolute Gasteiger partial charge is 0.492 e. The molecule has 10 heteroatoms. The average Bonchev–Trinajstić information content (AvgIpc) is 3.11. The highest BCUT2D eigenvalue weighted by Crippen LogP contribution is 2.41. The Morgan fingerprint density at radius 3 is 2.21 bits per heavy atom. The van der Waals surface area contributed by atoms with Gasteiger partial charge in [-0.1, -0.05) is 20.8 Å². The normalized spacial score (nSPS) is 12.3. The zero-order valence-electron chi connectivity index (χ0n) is 20.2. The summed E-state index contributed by atoms with van der Waals surface area (Å²) in [6.45, 7) is 10.5. The van der Waals surface area contributed by atoms with Gasteiger partial charge in [0.2, 0.25) is 0 Å². The van der Waals surface area contributed by atoms with Crippen molar-refractivity contribution in [2.24, 2.45) is 12.5 Å². The van der Waals surface area contributed by atoms with Crippen LogP contribution in [0.25, 0.3) is 11.0 Å². The number of benzene rings is 2. The molecule has 3 rings (SSSR count). The van der Waals surface area contributed by atoms with E-state index >= 15 is 0 Å². The lowest BCUT2D eigenvalue weighted by molar-refractivity contribution is -0.384. The van der Waals surface area contributed by atoms with E-state index in [1.807, 2.05) is 58.4 Å². The molecule has 0 fully saturated rings. The minimum absolute atomic E-state index is 0.108. The number of nitrogens with zero attached hydrogens (tertiary/aromatic N) is 3. The van der Waals surface area contributed by atoms with Gasteiger partial charge in [0.15, 0.2) is 11.9 Å². The van der Waals surface area contributed by atoms with E-state index in [0.29, 0.717) is 36.1 Å². The number of aryl methyl sites for hydroxylation is 1. The van der Waals surface area contributed by atoms with Gasteiger partial charge < -0.3 is 23.5 Å². The van der Waals surface area contributed by atoms with Crippen molar-refractivity contribution in [3.05, 3.63) is 52.3 Å². The maximum atomic E-state index is 12.7. The Hall–Kier alpha value is -3.82. The maximum absolute atomic E-state index is 12.7. The molecule has 10 nitrogen and oxygen atoms in total. The molecule has 3 aromatic rings. The van der Waals surface area contributed by atoms with Gasteiger partial charge in [0.1, 0.15) is 28.3 Å². The van der Waals surface area contributed by atoms with Crippen LogP contribution in [-0.4, -0.2) is 33.8 Å². The van der Waals surface area contributed by atoms with E-state index in [1.54, 1.807) is 0 Å². The van der Waals surface area contributed by atoms with Gasteiger partial charge in [0.25, 0.3) is 5.69 Å². The molecule has 1 heterocycles. The number of rotatable bonds is 8. The van der Waals surface area contributed by atoms with E-state index in [-0.39, 0.29) is 11.4 Å². The second-order valence-corrected chi connectivity index (χ2v) is 8.62. The van der Waals surface area contributed by atoms with E-state index in [9.17, 15) is 14.9 Å². The number of carbonyl (C=O) groups is 1. The minimum atomic E-state index is -0.948. The molecule has 0 aliphatic heterocycles. The lowest BCUT2D eigenvalue weighted by Gasteiger charge is -2.29. The van der Waals surface area contributed by atoms with Gasteiger partial charge in [-0.05, 0) is 38.1 Å². The second kappa shape index (κ2) is 9.98. The molecular formula is C24H29N3O7. The summed E-state index contributed by atoms with van der Waals surface area (Å²) in [5, 5.41) is 10.8. The van der Waals surface area contributed by atoms with Crippen molar-refractivity contribution >= 4 is 22.9 Å². The van der Waals surface area contributed by atoms with Crippen LogP contribution in [0.15, 0.2) is 36.4 Å². The monoisotopic (exact) mass is 471 g/mol. The lowest BCUT2D eigenvalue weighted by Crippen LogP contribution is -2.28. The molecule has 2 aromatic carbocycles. The highest BCUT2D eigenvalue weighted by molar-refractivity contribution is 5.88. The predicted molar refractivity (Wildman–Crippen MR) is 125 cm³/mol. The standard InChI is InChI=1S/C24H29N3O7/c1-7-31-17-13-14-18(32-8-2)20-19(17)25-22(26(20)6)21(24(3,4)5)34-23(28)33-16-11-9-15(10-12-16)27(29)30/h9-14,21H,7-8H2,1-6H3/t21-/m1/s1. The summed E-state index contributed by atoms with van der Waals surface area (Å²) in [5.41, 5.74) is 0.681. The fourth-order valence-electron chi connectivity index (χ4n) is 3.53. The highest BCUT2D eigenvalue weighted by Gasteiger charge is 2.36. The third kappa shape index (κ3) is 5.22. The van der Waals surface area contributed by atoms with E-state index in [0.717, 1.165) is 5.52 Å². The summed E-state index contributed by atoms with van der Waals surface area (Å²) < 4.78 is 24.4. The van der Waals surface area contributed by atoms with Crippen molar-refractivity contribution in [1.82, 2.24) is 9.55 Å². The fraction of sp³-hybridized carbons (Fsp3) is 0.417. The first-order chi connectivity index (χ1) is 16.1. The summed E-state index contributed by atoms with van der Waals surface area (Å²) in [6, 6.07) is 8.81. The number of nitro benzene ring substituents is 1. The first-order valence-corrected chi connectivity index (χ1v) is 10.9. The molecule has 0 saturated heterocycles.